The summed E-state index contributed by atoms with van der Waals surface area (Å²) in [7, 11) is 3.28. The van der Waals surface area contributed by atoms with Crippen molar-refractivity contribution in [3.8, 4) is 0 Å². The Morgan fingerprint density at radius 3 is 2.75 bits per heavy atom. The van der Waals surface area contributed by atoms with E-state index >= 15 is 0 Å². The molecule has 1 N–H and O–H groups in total. The second kappa shape index (κ2) is 5.19. The van der Waals surface area contributed by atoms with Crippen LogP contribution in [0.3, 0.4) is 0 Å². The van der Waals surface area contributed by atoms with Crippen molar-refractivity contribution >= 4 is 11.7 Å². The van der Waals surface area contributed by atoms with Gasteiger partial charge in [-0.15, -0.1) is 0 Å². The van der Waals surface area contributed by atoms with Gasteiger partial charge in [0.05, 0.1) is 10.5 Å². The number of nitrogens with one attached hydrogen (secondary N) is 1. The van der Waals surface area contributed by atoms with Gasteiger partial charge in [-0.05, 0) is 6.07 Å². The monoisotopic (exact) mass is 225 g/mol. The van der Waals surface area contributed by atoms with E-state index in [0.29, 0.717) is 0 Å². The number of hydrogen-bond donors (Lipinski definition) is 1. The van der Waals surface area contributed by atoms with Crippen LogP contribution in [0, 0.1) is 10.1 Å². The van der Waals surface area contributed by atoms with Crippen molar-refractivity contribution in [2.45, 2.75) is 0 Å². The smallest absolute Gasteiger partial charge is 0.351 e. The molecule has 1 aromatic rings. The molecule has 0 saturated heterocycles. The van der Waals surface area contributed by atoms with Gasteiger partial charge in [-0.3, -0.25) is 10.1 Å². The molecule has 16 heavy (non-hydrogen) atoms. The van der Waals surface area contributed by atoms with Crippen molar-refractivity contribution in [3.05, 3.63) is 39.9 Å². The first-order valence-corrected chi connectivity index (χ1v) is 4.39. The van der Waals surface area contributed by atoms with Crippen LogP contribution in [-0.4, -0.2) is 30.0 Å². The number of nitro benzene ring substituents is 1. The summed E-state index contributed by atoms with van der Waals surface area (Å²) >= 11 is 0. The Morgan fingerprint density at radius 2 is 2.19 bits per heavy atom. The molecule has 0 amide bonds. The molecule has 0 aliphatic carbocycles. The largest absolute Gasteiger partial charge is 0.358 e. The fraction of sp³-hybridized carbons (Fsp3) is 0.222. The number of non-ortho nitro benzene ring substituents is 1. The highest BCUT2D eigenvalue weighted by molar-refractivity contribution is 5.89. The maximum absolute atomic E-state index is 11.4. The number of rotatable bonds is 4. The first kappa shape index (κ1) is 12.1. The van der Waals surface area contributed by atoms with E-state index in [-0.39, 0.29) is 11.3 Å². The van der Waals surface area contributed by atoms with Gasteiger partial charge in [0.25, 0.3) is 5.69 Å². The highest BCUT2D eigenvalue weighted by Gasteiger charge is 2.12. The molecule has 0 atom stereocenters. The van der Waals surface area contributed by atoms with Crippen LogP contribution in [0.25, 0.3) is 0 Å². The van der Waals surface area contributed by atoms with E-state index in [4.69, 9.17) is 0 Å². The molecule has 86 valence electrons. The van der Waals surface area contributed by atoms with Crippen molar-refractivity contribution in [3.63, 3.8) is 0 Å². The van der Waals surface area contributed by atoms with E-state index in [2.05, 4.69) is 10.4 Å². The van der Waals surface area contributed by atoms with Crippen molar-refractivity contribution < 1.29 is 14.6 Å². The fourth-order valence-corrected chi connectivity index (χ4v) is 0.938. The van der Waals surface area contributed by atoms with E-state index in [1.165, 1.54) is 23.2 Å². The molecule has 0 fully saturated rings. The number of nitrogens with zero attached hydrogens (tertiary/aromatic N) is 2. The van der Waals surface area contributed by atoms with E-state index < -0.39 is 10.9 Å². The molecular weight excluding hydrogens is 214 g/mol. The number of benzene rings is 1. The zero-order valence-corrected chi connectivity index (χ0v) is 8.84. The zero-order valence-electron chi connectivity index (χ0n) is 8.84. The van der Waals surface area contributed by atoms with Crippen molar-refractivity contribution in [1.29, 1.82) is 0 Å². The number of hydrogen-bond acceptors (Lipinski definition) is 6. The van der Waals surface area contributed by atoms with Crippen LogP contribution < -0.4 is 5.59 Å². The summed E-state index contributed by atoms with van der Waals surface area (Å²) in [5.74, 6) is -0.683. The summed E-state index contributed by atoms with van der Waals surface area (Å²) in [5, 5.41) is 11.9. The van der Waals surface area contributed by atoms with E-state index in [0.717, 1.165) is 6.07 Å². The second-order valence-corrected chi connectivity index (χ2v) is 3.18. The molecule has 0 radical (unpaired) electrons. The van der Waals surface area contributed by atoms with E-state index in [1.807, 2.05) is 0 Å². The summed E-state index contributed by atoms with van der Waals surface area (Å²) in [4.78, 5) is 25.9. The van der Waals surface area contributed by atoms with Gasteiger partial charge in [0.15, 0.2) is 0 Å². The lowest BCUT2D eigenvalue weighted by molar-refractivity contribution is -0.384. The van der Waals surface area contributed by atoms with Gasteiger partial charge >= 0.3 is 5.97 Å². The predicted octanol–water partition coefficient (Wildman–Crippen LogP) is 0.733. The molecule has 7 nitrogen and oxygen atoms in total. The number of nitro groups is 1. The lowest BCUT2D eigenvalue weighted by Gasteiger charge is -2.10. The lowest BCUT2D eigenvalue weighted by atomic mass is 10.2. The SMILES string of the molecule is CN(C)NOC(=O)c1cccc([N+](=O)[O-])c1. The Hall–Kier alpha value is -1.99. The highest BCUT2D eigenvalue weighted by Crippen LogP contribution is 2.13. The van der Waals surface area contributed by atoms with Crippen LogP contribution in [0.1, 0.15) is 10.4 Å². The van der Waals surface area contributed by atoms with Crippen LogP contribution in [-0.2, 0) is 4.84 Å². The number of carbonyl (C=O) groups excluding carboxylic acids is 1. The minimum Gasteiger partial charge on any atom is -0.351 e. The Bertz CT molecular complexity index is 405. The molecule has 1 rings (SSSR count). The predicted molar refractivity (Wildman–Crippen MR) is 55.3 cm³/mol. The summed E-state index contributed by atoms with van der Waals surface area (Å²) in [6.45, 7) is 0. The van der Waals surface area contributed by atoms with Gasteiger partial charge in [0.2, 0.25) is 0 Å². The van der Waals surface area contributed by atoms with Crippen molar-refractivity contribution in [2.24, 2.45) is 0 Å². The fourth-order valence-electron chi connectivity index (χ4n) is 0.938. The summed E-state index contributed by atoms with van der Waals surface area (Å²) in [5.41, 5.74) is 2.27. The Kier molecular flexibility index (Phi) is 3.92. The Morgan fingerprint density at radius 1 is 1.50 bits per heavy atom. The average Bonchev–Trinajstić information content (AvgIpc) is 2.26. The first-order chi connectivity index (χ1) is 7.50. The third-order valence-electron chi connectivity index (χ3n) is 1.61. The van der Waals surface area contributed by atoms with Crippen LogP contribution in [0.5, 0.6) is 0 Å². The third kappa shape index (κ3) is 3.30. The zero-order chi connectivity index (χ0) is 12.1. The molecule has 0 bridgehead atoms. The maximum Gasteiger partial charge on any atom is 0.358 e. The topological polar surface area (TPSA) is 84.7 Å². The molecular formula is C9H11N3O4. The van der Waals surface area contributed by atoms with Gasteiger partial charge in [-0.2, -0.15) is 0 Å². The van der Waals surface area contributed by atoms with Crippen molar-refractivity contribution in [1.82, 2.24) is 10.6 Å². The number of hydrazine groups is 1. The summed E-state index contributed by atoms with van der Waals surface area (Å²) in [6.07, 6.45) is 0. The molecule has 0 spiro atoms. The maximum atomic E-state index is 11.4. The normalized spacial score (nSPS) is 10.2. The summed E-state index contributed by atoms with van der Waals surface area (Å²) < 4.78 is 0. The minimum atomic E-state index is -0.683. The molecule has 0 heterocycles. The average molecular weight is 225 g/mol. The van der Waals surface area contributed by atoms with Crippen molar-refractivity contribution in [2.75, 3.05) is 14.1 Å². The molecule has 0 saturated carbocycles. The third-order valence-corrected chi connectivity index (χ3v) is 1.61. The van der Waals surface area contributed by atoms with Crippen LogP contribution >= 0.6 is 0 Å². The Labute approximate surface area is 91.7 Å². The molecule has 7 heteroatoms. The molecule has 0 aliphatic heterocycles. The van der Waals surface area contributed by atoms with Gasteiger partial charge in [-0.25, -0.2) is 9.80 Å². The minimum absolute atomic E-state index is 0.114. The Balaban J connectivity index is 2.76. The molecule has 1 aromatic carbocycles. The molecule has 0 unspecified atom stereocenters. The van der Waals surface area contributed by atoms with Gasteiger partial charge in [0, 0.05) is 26.2 Å². The lowest BCUT2D eigenvalue weighted by Crippen LogP contribution is -2.32. The second-order valence-electron chi connectivity index (χ2n) is 3.18. The van der Waals surface area contributed by atoms with Crippen LogP contribution in [0.15, 0.2) is 24.3 Å². The van der Waals surface area contributed by atoms with Gasteiger partial charge in [-0.1, -0.05) is 11.7 Å². The van der Waals surface area contributed by atoms with Gasteiger partial charge < -0.3 is 4.84 Å². The molecule has 0 aromatic heterocycles. The highest BCUT2D eigenvalue weighted by atomic mass is 16.7. The van der Waals surface area contributed by atoms with E-state index in [1.54, 1.807) is 14.1 Å². The molecule has 0 aliphatic rings. The first-order valence-electron chi connectivity index (χ1n) is 4.39. The standard InChI is InChI=1S/C9H11N3O4/c1-11(2)10-16-9(13)7-4-3-5-8(6-7)12(14)15/h3-6,10H,1-2H3. The number of carbonyl (C=O) groups is 1. The summed E-state index contributed by atoms with van der Waals surface area (Å²) in [6, 6.07) is 5.31. The van der Waals surface area contributed by atoms with Crippen LogP contribution in [0.4, 0.5) is 5.69 Å². The quantitative estimate of drug-likeness (QED) is 0.600. The van der Waals surface area contributed by atoms with Gasteiger partial charge in [0.1, 0.15) is 0 Å². The van der Waals surface area contributed by atoms with E-state index in [9.17, 15) is 14.9 Å². The van der Waals surface area contributed by atoms with Crippen LogP contribution in [0.2, 0.25) is 0 Å².